The van der Waals surface area contributed by atoms with E-state index < -0.39 is 0 Å². The van der Waals surface area contributed by atoms with Gasteiger partial charge in [-0.1, -0.05) is 0 Å². The quantitative estimate of drug-likeness (QED) is 0.479. The maximum Gasteiger partial charge on any atom is 0.279 e. The van der Waals surface area contributed by atoms with Crippen molar-refractivity contribution >= 4 is 16.7 Å². The second kappa shape index (κ2) is 2.53. The fourth-order valence-electron chi connectivity index (χ4n) is 1.48. The third-order valence-corrected chi connectivity index (χ3v) is 2.20. The van der Waals surface area contributed by atoms with Gasteiger partial charge < -0.3 is 5.84 Å². The topological polar surface area (TPSA) is 91.1 Å². The Morgan fingerprint density at radius 2 is 2.20 bits per heavy atom. The Bertz CT molecular complexity index is 712. The summed E-state index contributed by atoms with van der Waals surface area (Å²) >= 11 is 0. The monoisotopic (exact) mass is 202 g/mol. The number of nitrogens with two attached hydrogens (primary N) is 1. The van der Waals surface area contributed by atoms with Crippen molar-refractivity contribution in [2.45, 2.75) is 0 Å². The number of nitrogen functional groups attached to an aromatic ring is 1. The van der Waals surface area contributed by atoms with Gasteiger partial charge in [0.1, 0.15) is 6.33 Å². The van der Waals surface area contributed by atoms with Gasteiger partial charge in [0.05, 0.1) is 10.9 Å². The molecule has 3 heterocycles. The first-order valence-electron chi connectivity index (χ1n) is 4.22. The number of hydrogen-bond acceptors (Lipinski definition) is 5. The van der Waals surface area contributed by atoms with Crippen LogP contribution in [-0.2, 0) is 0 Å². The van der Waals surface area contributed by atoms with E-state index in [1.807, 2.05) is 0 Å². The first-order valence-corrected chi connectivity index (χ1v) is 4.22. The van der Waals surface area contributed by atoms with Crippen LogP contribution in [0.1, 0.15) is 0 Å². The zero-order chi connectivity index (χ0) is 10.4. The van der Waals surface area contributed by atoms with E-state index in [1.165, 1.54) is 23.2 Å². The highest BCUT2D eigenvalue weighted by Crippen LogP contribution is 2.07. The maximum atomic E-state index is 11.6. The highest BCUT2D eigenvalue weighted by atomic mass is 16.1. The molecule has 0 aliphatic heterocycles. The third kappa shape index (κ3) is 0.938. The number of aromatic nitrogens is 5. The molecule has 0 unspecified atom stereocenters. The lowest BCUT2D eigenvalue weighted by molar-refractivity contribution is 0.930. The summed E-state index contributed by atoms with van der Waals surface area (Å²) in [7, 11) is 0. The lowest BCUT2D eigenvalue weighted by Crippen LogP contribution is -2.26. The Labute approximate surface area is 82.8 Å². The first-order chi connectivity index (χ1) is 7.27. The molecule has 0 saturated carbocycles. The largest absolute Gasteiger partial charge is 0.336 e. The van der Waals surface area contributed by atoms with E-state index in [4.69, 9.17) is 5.84 Å². The van der Waals surface area contributed by atoms with Crippen molar-refractivity contribution in [2.75, 3.05) is 5.84 Å². The van der Waals surface area contributed by atoms with Crippen LogP contribution in [0.5, 0.6) is 0 Å². The molecule has 0 aliphatic carbocycles. The summed E-state index contributed by atoms with van der Waals surface area (Å²) in [6.07, 6.45) is 4.31. The highest BCUT2D eigenvalue weighted by Gasteiger charge is 2.06. The standard InChI is InChI=1S/C8H6N6O/c9-13-2-1-6-5(7(13)15)3-10-8-11-4-12-14(6)8/h1-4H,9H2. The van der Waals surface area contributed by atoms with Gasteiger partial charge in [-0.3, -0.25) is 4.79 Å². The SMILES string of the molecule is Nn1ccc2c(cnc3ncnn32)c1=O. The molecule has 0 amide bonds. The van der Waals surface area contributed by atoms with Crippen LogP contribution in [0.4, 0.5) is 0 Å². The van der Waals surface area contributed by atoms with Crippen LogP contribution in [0.25, 0.3) is 16.7 Å². The van der Waals surface area contributed by atoms with E-state index in [0.717, 1.165) is 4.68 Å². The van der Waals surface area contributed by atoms with E-state index >= 15 is 0 Å². The number of hydrogen-bond donors (Lipinski definition) is 1. The van der Waals surface area contributed by atoms with E-state index in [1.54, 1.807) is 6.07 Å². The molecule has 74 valence electrons. The smallest absolute Gasteiger partial charge is 0.279 e. The molecule has 0 radical (unpaired) electrons. The molecular weight excluding hydrogens is 196 g/mol. The zero-order valence-electron chi connectivity index (χ0n) is 7.53. The van der Waals surface area contributed by atoms with Crippen LogP contribution in [0.15, 0.2) is 29.6 Å². The van der Waals surface area contributed by atoms with Crippen LogP contribution in [0.2, 0.25) is 0 Å². The molecule has 3 rings (SSSR count). The first kappa shape index (κ1) is 7.92. The minimum absolute atomic E-state index is 0.308. The van der Waals surface area contributed by atoms with Crippen LogP contribution in [0, 0.1) is 0 Å². The molecule has 3 aromatic heterocycles. The highest BCUT2D eigenvalue weighted by molar-refractivity contribution is 5.78. The molecule has 2 N–H and O–H groups in total. The summed E-state index contributed by atoms with van der Waals surface area (Å²) in [6, 6.07) is 1.69. The van der Waals surface area contributed by atoms with E-state index in [0.29, 0.717) is 16.7 Å². The average Bonchev–Trinajstić information content (AvgIpc) is 2.71. The summed E-state index contributed by atoms with van der Waals surface area (Å²) < 4.78 is 2.50. The van der Waals surface area contributed by atoms with Crippen LogP contribution >= 0.6 is 0 Å². The second-order valence-electron chi connectivity index (χ2n) is 3.06. The zero-order valence-corrected chi connectivity index (χ0v) is 7.53. The molecule has 0 fully saturated rings. The van der Waals surface area contributed by atoms with Crippen molar-refractivity contribution in [3.05, 3.63) is 35.1 Å². The number of rotatable bonds is 0. The minimum Gasteiger partial charge on any atom is -0.336 e. The summed E-state index contributed by atoms with van der Waals surface area (Å²) in [5.41, 5.74) is 0.335. The van der Waals surface area contributed by atoms with Gasteiger partial charge in [-0.2, -0.15) is 14.6 Å². The molecule has 0 bridgehead atoms. The lowest BCUT2D eigenvalue weighted by atomic mass is 10.3. The van der Waals surface area contributed by atoms with E-state index in [2.05, 4.69) is 15.1 Å². The second-order valence-corrected chi connectivity index (χ2v) is 3.06. The van der Waals surface area contributed by atoms with Gasteiger partial charge in [-0.05, 0) is 6.07 Å². The predicted molar refractivity (Wildman–Crippen MR) is 52.7 cm³/mol. The summed E-state index contributed by atoms with van der Waals surface area (Å²) in [5.74, 6) is 5.89. The minimum atomic E-state index is -0.308. The predicted octanol–water partition coefficient (Wildman–Crippen LogP) is -0.847. The van der Waals surface area contributed by atoms with Gasteiger partial charge in [0.15, 0.2) is 0 Å². The van der Waals surface area contributed by atoms with Crippen LogP contribution in [-0.4, -0.2) is 24.3 Å². The Morgan fingerprint density at radius 1 is 1.33 bits per heavy atom. The number of nitrogens with zero attached hydrogens (tertiary/aromatic N) is 5. The van der Waals surface area contributed by atoms with Crippen molar-refractivity contribution in [3.8, 4) is 0 Å². The Kier molecular flexibility index (Phi) is 1.34. The van der Waals surface area contributed by atoms with Crippen molar-refractivity contribution in [1.29, 1.82) is 0 Å². The van der Waals surface area contributed by atoms with Gasteiger partial charge in [0.2, 0.25) is 0 Å². The summed E-state index contributed by atoms with van der Waals surface area (Å²) in [4.78, 5) is 19.5. The van der Waals surface area contributed by atoms with Crippen LogP contribution in [0.3, 0.4) is 0 Å². The van der Waals surface area contributed by atoms with Crippen LogP contribution < -0.4 is 11.4 Å². The van der Waals surface area contributed by atoms with Gasteiger partial charge in [-0.25, -0.2) is 9.66 Å². The van der Waals surface area contributed by atoms with Gasteiger partial charge >= 0.3 is 0 Å². The fourth-order valence-corrected chi connectivity index (χ4v) is 1.48. The molecule has 7 heteroatoms. The molecular formula is C8H6N6O. The maximum absolute atomic E-state index is 11.6. The molecule has 0 spiro atoms. The fraction of sp³-hybridized carbons (Fsp3) is 0. The third-order valence-electron chi connectivity index (χ3n) is 2.20. The summed E-state index contributed by atoms with van der Waals surface area (Å²) in [5, 5.41) is 4.39. The van der Waals surface area contributed by atoms with Gasteiger partial charge in [0.25, 0.3) is 11.3 Å². The van der Waals surface area contributed by atoms with Gasteiger partial charge in [-0.15, -0.1) is 0 Å². The number of fused-ring (bicyclic) bond motifs is 3. The summed E-state index contributed by atoms with van der Waals surface area (Å²) in [6.45, 7) is 0. The number of pyridine rings is 1. The Hall–Kier alpha value is -2.44. The average molecular weight is 202 g/mol. The molecule has 7 nitrogen and oxygen atoms in total. The van der Waals surface area contributed by atoms with Crippen molar-refractivity contribution in [2.24, 2.45) is 0 Å². The molecule has 0 atom stereocenters. The molecule has 0 aliphatic rings. The normalized spacial score (nSPS) is 11.2. The molecule has 0 aromatic carbocycles. The van der Waals surface area contributed by atoms with Gasteiger partial charge in [0, 0.05) is 12.4 Å². The lowest BCUT2D eigenvalue weighted by Gasteiger charge is -2.01. The van der Waals surface area contributed by atoms with Crippen molar-refractivity contribution in [1.82, 2.24) is 24.3 Å². The van der Waals surface area contributed by atoms with E-state index in [9.17, 15) is 4.79 Å². The van der Waals surface area contributed by atoms with E-state index in [-0.39, 0.29) is 5.56 Å². The Morgan fingerprint density at radius 3 is 3.07 bits per heavy atom. The molecule has 15 heavy (non-hydrogen) atoms. The Balaban J connectivity index is 2.66. The molecule has 0 saturated heterocycles. The van der Waals surface area contributed by atoms with Crippen molar-refractivity contribution in [3.63, 3.8) is 0 Å². The van der Waals surface area contributed by atoms with Crippen molar-refractivity contribution < 1.29 is 0 Å². The molecule has 3 aromatic rings.